The first kappa shape index (κ1) is 16.5. The Morgan fingerprint density at radius 2 is 2.00 bits per heavy atom. The molecule has 0 aliphatic heterocycles. The molecule has 0 radical (unpaired) electrons. The Morgan fingerprint density at radius 1 is 1.25 bits per heavy atom. The van der Waals surface area contributed by atoms with Crippen LogP contribution in [0.2, 0.25) is 0 Å². The van der Waals surface area contributed by atoms with Crippen LogP contribution in [0.5, 0.6) is 0 Å². The molecule has 0 saturated carbocycles. The Kier molecular flexibility index (Phi) is 7.11. The first-order valence-corrected chi connectivity index (χ1v) is 6.29. The summed E-state index contributed by atoms with van der Waals surface area (Å²) in [5, 5.41) is 0. The number of carbonyl (C=O) groups is 1. The van der Waals surface area contributed by atoms with Crippen molar-refractivity contribution in [3.63, 3.8) is 0 Å². The van der Waals surface area contributed by atoms with Crippen molar-refractivity contribution in [1.29, 1.82) is 0 Å². The van der Waals surface area contributed by atoms with Crippen molar-refractivity contribution in [2.24, 2.45) is 0 Å². The number of hydrogen-bond donors (Lipinski definition) is 0. The second kappa shape index (κ2) is 8.60. The van der Waals surface area contributed by atoms with Crippen LogP contribution >= 0.6 is 0 Å². The van der Waals surface area contributed by atoms with Crippen LogP contribution in [-0.4, -0.2) is 44.8 Å². The zero-order valence-corrected chi connectivity index (χ0v) is 11.7. The van der Waals surface area contributed by atoms with E-state index in [-0.39, 0.29) is 24.5 Å². The zero-order valence-electron chi connectivity index (χ0n) is 11.7. The van der Waals surface area contributed by atoms with Crippen molar-refractivity contribution in [1.82, 2.24) is 4.90 Å². The van der Waals surface area contributed by atoms with Gasteiger partial charge in [0.05, 0.1) is 20.1 Å². The molecule has 0 saturated heterocycles. The number of benzene rings is 1. The van der Waals surface area contributed by atoms with Gasteiger partial charge in [0, 0.05) is 32.3 Å². The van der Waals surface area contributed by atoms with Gasteiger partial charge in [-0.3, -0.25) is 9.69 Å². The average molecular weight is 287 g/mol. The van der Waals surface area contributed by atoms with Crippen molar-refractivity contribution in [2.45, 2.75) is 13.0 Å². The van der Waals surface area contributed by atoms with Gasteiger partial charge < -0.3 is 9.47 Å². The molecule has 1 aromatic carbocycles. The molecule has 6 heteroatoms. The fraction of sp³-hybridized carbons (Fsp3) is 0.500. The van der Waals surface area contributed by atoms with Crippen LogP contribution in [-0.2, 0) is 20.8 Å². The van der Waals surface area contributed by atoms with Gasteiger partial charge in [-0.2, -0.15) is 0 Å². The Bertz CT molecular complexity index is 440. The molecule has 20 heavy (non-hydrogen) atoms. The number of esters is 1. The minimum atomic E-state index is -0.873. The summed E-state index contributed by atoms with van der Waals surface area (Å²) < 4.78 is 36.3. The lowest BCUT2D eigenvalue weighted by Crippen LogP contribution is -2.30. The van der Waals surface area contributed by atoms with Crippen LogP contribution in [0.4, 0.5) is 8.78 Å². The molecular formula is C14H19F2NO3. The highest BCUT2D eigenvalue weighted by molar-refractivity contribution is 5.69. The monoisotopic (exact) mass is 287 g/mol. The van der Waals surface area contributed by atoms with E-state index in [0.29, 0.717) is 19.7 Å². The summed E-state index contributed by atoms with van der Waals surface area (Å²) in [7, 11) is 2.87. The van der Waals surface area contributed by atoms with Crippen LogP contribution in [0.1, 0.15) is 12.0 Å². The van der Waals surface area contributed by atoms with Gasteiger partial charge in [-0.15, -0.1) is 0 Å². The van der Waals surface area contributed by atoms with Gasteiger partial charge in [-0.25, -0.2) is 8.78 Å². The van der Waals surface area contributed by atoms with E-state index in [4.69, 9.17) is 4.74 Å². The molecule has 0 fully saturated rings. The quantitative estimate of drug-likeness (QED) is 0.685. The number of methoxy groups -OCH3 is 2. The maximum absolute atomic E-state index is 13.6. The zero-order chi connectivity index (χ0) is 15.0. The molecule has 0 aliphatic rings. The molecule has 0 heterocycles. The predicted molar refractivity (Wildman–Crippen MR) is 70.1 cm³/mol. The van der Waals surface area contributed by atoms with Gasteiger partial charge >= 0.3 is 5.97 Å². The molecule has 1 aromatic rings. The maximum atomic E-state index is 13.6. The minimum absolute atomic E-state index is 0.192. The van der Waals surface area contributed by atoms with Crippen molar-refractivity contribution in [2.75, 3.05) is 33.9 Å². The maximum Gasteiger partial charge on any atom is 0.306 e. The lowest BCUT2D eigenvalue weighted by Gasteiger charge is -2.21. The number of hydrogen-bond acceptors (Lipinski definition) is 4. The summed E-state index contributed by atoms with van der Waals surface area (Å²) in [4.78, 5) is 13.0. The van der Waals surface area contributed by atoms with Crippen LogP contribution in [0.15, 0.2) is 18.2 Å². The van der Waals surface area contributed by atoms with Crippen LogP contribution in [0.25, 0.3) is 0 Å². The normalized spacial score (nSPS) is 10.8. The number of nitrogens with zero attached hydrogens (tertiary/aromatic N) is 1. The van der Waals surface area contributed by atoms with E-state index in [1.54, 1.807) is 7.11 Å². The van der Waals surface area contributed by atoms with E-state index in [2.05, 4.69) is 4.74 Å². The second-order valence-electron chi connectivity index (χ2n) is 4.31. The third-order valence-electron chi connectivity index (χ3n) is 2.90. The topological polar surface area (TPSA) is 38.8 Å². The molecular weight excluding hydrogens is 268 g/mol. The summed E-state index contributed by atoms with van der Waals surface area (Å²) in [5.41, 5.74) is 0.256. The highest BCUT2D eigenvalue weighted by Crippen LogP contribution is 2.14. The fourth-order valence-corrected chi connectivity index (χ4v) is 1.75. The number of rotatable bonds is 8. The summed E-state index contributed by atoms with van der Waals surface area (Å²) in [6.45, 7) is 1.57. The second-order valence-corrected chi connectivity index (χ2v) is 4.31. The van der Waals surface area contributed by atoms with Gasteiger partial charge in [-0.1, -0.05) is 12.1 Å². The third kappa shape index (κ3) is 5.22. The average Bonchev–Trinajstić information content (AvgIpc) is 2.45. The highest BCUT2D eigenvalue weighted by atomic mass is 19.2. The van der Waals surface area contributed by atoms with Crippen molar-refractivity contribution < 1.29 is 23.0 Å². The van der Waals surface area contributed by atoms with Crippen molar-refractivity contribution in [3.8, 4) is 0 Å². The van der Waals surface area contributed by atoms with Crippen molar-refractivity contribution in [3.05, 3.63) is 35.4 Å². The van der Waals surface area contributed by atoms with Crippen LogP contribution in [0.3, 0.4) is 0 Å². The fourth-order valence-electron chi connectivity index (χ4n) is 1.75. The summed E-state index contributed by atoms with van der Waals surface area (Å²) in [6, 6.07) is 4.06. The van der Waals surface area contributed by atoms with Gasteiger partial charge in [-0.05, 0) is 6.07 Å². The first-order valence-electron chi connectivity index (χ1n) is 6.29. The molecule has 4 nitrogen and oxygen atoms in total. The molecule has 112 valence electrons. The first-order chi connectivity index (χ1) is 9.58. The molecule has 0 aromatic heterocycles. The van der Waals surface area contributed by atoms with E-state index in [1.807, 2.05) is 4.90 Å². The van der Waals surface area contributed by atoms with E-state index >= 15 is 0 Å². The van der Waals surface area contributed by atoms with Gasteiger partial charge in [0.2, 0.25) is 0 Å². The number of carbonyl (C=O) groups excluding carboxylic acids is 1. The molecule has 1 rings (SSSR count). The number of ether oxygens (including phenoxy) is 2. The smallest absolute Gasteiger partial charge is 0.306 e. The summed E-state index contributed by atoms with van der Waals surface area (Å²) in [5.74, 6) is -2.07. The highest BCUT2D eigenvalue weighted by Gasteiger charge is 2.13. The van der Waals surface area contributed by atoms with E-state index in [0.717, 1.165) is 6.07 Å². The number of halogens is 2. The Labute approximate surface area is 117 Å². The Morgan fingerprint density at radius 3 is 2.65 bits per heavy atom. The van der Waals surface area contributed by atoms with Crippen LogP contribution in [0, 0.1) is 11.6 Å². The molecule has 0 aliphatic carbocycles. The SMILES string of the molecule is COCCN(CCC(=O)OC)Cc1cccc(F)c1F. The molecule has 0 spiro atoms. The summed E-state index contributed by atoms with van der Waals surface area (Å²) >= 11 is 0. The summed E-state index contributed by atoms with van der Waals surface area (Å²) in [6.07, 6.45) is 0.192. The van der Waals surface area contributed by atoms with E-state index < -0.39 is 11.6 Å². The lowest BCUT2D eigenvalue weighted by atomic mass is 10.2. The Hall–Kier alpha value is -1.53. The third-order valence-corrected chi connectivity index (χ3v) is 2.90. The minimum Gasteiger partial charge on any atom is -0.469 e. The van der Waals surface area contributed by atoms with Gasteiger partial charge in [0.15, 0.2) is 11.6 Å². The molecule has 0 unspecified atom stereocenters. The van der Waals surface area contributed by atoms with Gasteiger partial charge in [0.25, 0.3) is 0 Å². The Balaban J connectivity index is 2.67. The molecule has 0 amide bonds. The predicted octanol–water partition coefficient (Wildman–Crippen LogP) is 1.98. The van der Waals surface area contributed by atoms with Gasteiger partial charge in [0.1, 0.15) is 0 Å². The van der Waals surface area contributed by atoms with Crippen molar-refractivity contribution >= 4 is 5.97 Å². The standard InChI is InChI=1S/C14H19F2NO3/c1-19-9-8-17(7-6-13(18)20-2)10-11-4-3-5-12(15)14(11)16/h3-5H,6-10H2,1-2H3. The molecule has 0 bridgehead atoms. The van der Waals surface area contributed by atoms with Crippen LogP contribution < -0.4 is 0 Å². The lowest BCUT2D eigenvalue weighted by molar-refractivity contribution is -0.141. The van der Waals surface area contributed by atoms with E-state index in [1.165, 1.54) is 19.2 Å². The van der Waals surface area contributed by atoms with E-state index in [9.17, 15) is 13.6 Å². The largest absolute Gasteiger partial charge is 0.469 e. The molecule has 0 atom stereocenters. The molecule has 0 N–H and O–H groups in total.